The molecule has 2 aromatic rings. The molecule has 0 bridgehead atoms. The number of hydrogen-bond donors (Lipinski definition) is 1. The number of nitrogens with two attached hydrogens (primary N) is 1. The lowest BCUT2D eigenvalue weighted by atomic mass is 10.2. The van der Waals surface area contributed by atoms with Crippen LogP contribution >= 0.6 is 10.7 Å². The van der Waals surface area contributed by atoms with Crippen LogP contribution in [0, 0.1) is 0 Å². The molecule has 0 aliphatic rings. The smallest absolute Gasteiger partial charge is 0.261 e. The minimum absolute atomic E-state index is 0.0375. The molecule has 0 saturated carbocycles. The van der Waals surface area contributed by atoms with Gasteiger partial charge in [-0.2, -0.15) is 0 Å². The lowest BCUT2D eigenvalue weighted by molar-refractivity contribution is -0.118. The molecule has 0 unspecified atom stereocenters. The van der Waals surface area contributed by atoms with E-state index in [1.165, 1.54) is 18.3 Å². The number of amides is 1. The van der Waals surface area contributed by atoms with E-state index in [9.17, 15) is 13.2 Å². The van der Waals surface area contributed by atoms with E-state index in [1.807, 2.05) is 0 Å². The first kappa shape index (κ1) is 14.5. The molecule has 8 heteroatoms. The number of benzene rings is 1. The number of rotatable bonds is 5. The largest absolute Gasteiger partial charge is 0.491 e. The van der Waals surface area contributed by atoms with Gasteiger partial charge in [0.05, 0.1) is 17.9 Å². The molecule has 1 aromatic carbocycles. The fourth-order valence-electron chi connectivity index (χ4n) is 1.71. The zero-order valence-corrected chi connectivity index (χ0v) is 11.8. The van der Waals surface area contributed by atoms with Crippen molar-refractivity contribution in [1.29, 1.82) is 0 Å². The number of fused-ring (bicyclic) bond motifs is 1. The monoisotopic (exact) mass is 314 g/mol. The van der Waals surface area contributed by atoms with Crippen molar-refractivity contribution < 1.29 is 17.9 Å². The first-order valence-corrected chi connectivity index (χ1v) is 7.94. The van der Waals surface area contributed by atoms with E-state index in [0.717, 1.165) is 0 Å². The SMILES string of the molecule is NC(=O)CCOc1ccc(S(=O)(=O)Cl)c2cccnc12. The van der Waals surface area contributed by atoms with Crippen molar-refractivity contribution in [2.45, 2.75) is 11.3 Å². The molecule has 2 N–H and O–H groups in total. The fourth-order valence-corrected chi connectivity index (χ4v) is 2.77. The molecule has 1 amide bonds. The summed E-state index contributed by atoms with van der Waals surface area (Å²) in [7, 11) is 1.50. The lowest BCUT2D eigenvalue weighted by Crippen LogP contribution is -2.14. The van der Waals surface area contributed by atoms with Crippen LogP contribution in [0.3, 0.4) is 0 Å². The zero-order valence-electron chi connectivity index (χ0n) is 10.2. The zero-order chi connectivity index (χ0) is 14.8. The Bertz CT molecular complexity index is 761. The summed E-state index contributed by atoms with van der Waals surface area (Å²) in [5.41, 5.74) is 5.38. The van der Waals surface area contributed by atoms with Gasteiger partial charge in [0.25, 0.3) is 9.05 Å². The molecule has 1 heterocycles. The van der Waals surface area contributed by atoms with Gasteiger partial charge in [-0.15, -0.1) is 0 Å². The molecule has 2 rings (SSSR count). The van der Waals surface area contributed by atoms with E-state index < -0.39 is 15.0 Å². The average Bonchev–Trinajstić information content (AvgIpc) is 2.37. The highest BCUT2D eigenvalue weighted by Crippen LogP contribution is 2.31. The van der Waals surface area contributed by atoms with Crippen molar-refractivity contribution in [3.8, 4) is 5.75 Å². The van der Waals surface area contributed by atoms with Gasteiger partial charge in [-0.1, -0.05) is 0 Å². The highest BCUT2D eigenvalue weighted by atomic mass is 35.7. The van der Waals surface area contributed by atoms with Crippen LogP contribution in [-0.4, -0.2) is 25.9 Å². The highest BCUT2D eigenvalue weighted by molar-refractivity contribution is 8.14. The summed E-state index contributed by atoms with van der Waals surface area (Å²) in [5.74, 6) is -0.117. The van der Waals surface area contributed by atoms with Crippen molar-refractivity contribution in [2.75, 3.05) is 6.61 Å². The number of pyridine rings is 1. The molecule has 0 aliphatic carbocycles. The number of carbonyl (C=O) groups excluding carboxylic acids is 1. The Morgan fingerprint density at radius 1 is 1.35 bits per heavy atom. The van der Waals surface area contributed by atoms with Gasteiger partial charge in [-0.05, 0) is 24.3 Å². The lowest BCUT2D eigenvalue weighted by Gasteiger charge is -2.09. The second-order valence-electron chi connectivity index (χ2n) is 3.96. The number of primary amides is 1. The number of carbonyl (C=O) groups is 1. The van der Waals surface area contributed by atoms with Crippen LogP contribution in [0.1, 0.15) is 6.42 Å². The van der Waals surface area contributed by atoms with Crippen LogP contribution in [-0.2, 0) is 13.8 Å². The maximum absolute atomic E-state index is 11.5. The topological polar surface area (TPSA) is 99.4 Å². The van der Waals surface area contributed by atoms with Crippen LogP contribution in [0.2, 0.25) is 0 Å². The summed E-state index contributed by atoms with van der Waals surface area (Å²) in [6.45, 7) is 0.0912. The maximum atomic E-state index is 11.5. The van der Waals surface area contributed by atoms with Gasteiger partial charge in [-0.3, -0.25) is 9.78 Å². The Morgan fingerprint density at radius 3 is 2.75 bits per heavy atom. The molecule has 1 aromatic heterocycles. The van der Waals surface area contributed by atoms with Gasteiger partial charge in [0.2, 0.25) is 5.91 Å². The number of nitrogens with zero attached hydrogens (tertiary/aromatic N) is 1. The van der Waals surface area contributed by atoms with Gasteiger partial charge in [0.15, 0.2) is 0 Å². The molecule has 0 radical (unpaired) electrons. The highest BCUT2D eigenvalue weighted by Gasteiger charge is 2.17. The molecule has 0 fully saturated rings. The Morgan fingerprint density at radius 2 is 2.10 bits per heavy atom. The Kier molecular flexibility index (Phi) is 4.10. The molecular formula is C12H11ClN2O4S. The molecule has 0 spiro atoms. The molecule has 0 aliphatic heterocycles. The second-order valence-corrected chi connectivity index (χ2v) is 6.50. The third-order valence-electron chi connectivity index (χ3n) is 2.56. The average molecular weight is 315 g/mol. The van der Waals surface area contributed by atoms with Gasteiger partial charge < -0.3 is 10.5 Å². The van der Waals surface area contributed by atoms with E-state index >= 15 is 0 Å². The number of hydrogen-bond acceptors (Lipinski definition) is 5. The normalized spacial score (nSPS) is 11.4. The Hall–Kier alpha value is -1.86. The van der Waals surface area contributed by atoms with Gasteiger partial charge >= 0.3 is 0 Å². The summed E-state index contributed by atoms with van der Waals surface area (Å²) < 4.78 is 28.4. The molecular weight excluding hydrogens is 304 g/mol. The predicted molar refractivity (Wildman–Crippen MR) is 74.1 cm³/mol. The minimum atomic E-state index is -3.88. The van der Waals surface area contributed by atoms with Crippen LogP contribution in [0.15, 0.2) is 35.4 Å². The van der Waals surface area contributed by atoms with Gasteiger partial charge in [0.1, 0.15) is 11.3 Å². The van der Waals surface area contributed by atoms with Crippen molar-refractivity contribution in [3.05, 3.63) is 30.5 Å². The summed E-state index contributed by atoms with van der Waals surface area (Å²) >= 11 is 0. The number of halogens is 1. The Labute approximate surface area is 119 Å². The minimum Gasteiger partial charge on any atom is -0.491 e. The van der Waals surface area contributed by atoms with Crippen molar-refractivity contribution in [1.82, 2.24) is 4.98 Å². The van der Waals surface area contributed by atoms with E-state index in [-0.39, 0.29) is 17.9 Å². The first-order valence-electron chi connectivity index (χ1n) is 5.63. The molecule has 106 valence electrons. The predicted octanol–water partition coefficient (Wildman–Crippen LogP) is 1.42. The summed E-state index contributed by atoms with van der Waals surface area (Å²) in [4.78, 5) is 14.7. The van der Waals surface area contributed by atoms with Crippen LogP contribution in [0.5, 0.6) is 5.75 Å². The maximum Gasteiger partial charge on any atom is 0.261 e. The second kappa shape index (κ2) is 5.64. The fraction of sp³-hybridized carbons (Fsp3) is 0.167. The molecule has 0 saturated heterocycles. The Balaban J connectivity index is 2.46. The van der Waals surface area contributed by atoms with Gasteiger partial charge in [0, 0.05) is 22.3 Å². The van der Waals surface area contributed by atoms with E-state index in [0.29, 0.717) is 16.7 Å². The molecule has 6 nitrogen and oxygen atoms in total. The van der Waals surface area contributed by atoms with Crippen molar-refractivity contribution in [3.63, 3.8) is 0 Å². The van der Waals surface area contributed by atoms with Crippen LogP contribution in [0.4, 0.5) is 0 Å². The van der Waals surface area contributed by atoms with Gasteiger partial charge in [-0.25, -0.2) is 8.42 Å². The first-order chi connectivity index (χ1) is 9.39. The van der Waals surface area contributed by atoms with E-state index in [4.69, 9.17) is 21.2 Å². The summed E-state index contributed by atoms with van der Waals surface area (Å²) in [6.07, 6.45) is 1.57. The molecule has 20 heavy (non-hydrogen) atoms. The number of ether oxygens (including phenoxy) is 1. The van der Waals surface area contributed by atoms with Crippen LogP contribution in [0.25, 0.3) is 10.9 Å². The van der Waals surface area contributed by atoms with Crippen molar-refractivity contribution >= 4 is 36.5 Å². The number of aromatic nitrogens is 1. The summed E-state index contributed by atoms with van der Waals surface area (Å²) in [5, 5.41) is 0.360. The third-order valence-corrected chi connectivity index (χ3v) is 3.94. The standard InChI is InChI=1S/C12H11ClN2O4S/c13-20(17,18)10-4-3-9(19-7-5-11(14)16)12-8(10)2-1-6-15-12/h1-4,6H,5,7H2,(H2,14,16). The molecule has 0 atom stereocenters. The van der Waals surface area contributed by atoms with Crippen molar-refractivity contribution in [2.24, 2.45) is 5.73 Å². The van der Waals surface area contributed by atoms with E-state index in [2.05, 4.69) is 4.98 Å². The quantitative estimate of drug-likeness (QED) is 0.841. The van der Waals surface area contributed by atoms with Crippen LogP contribution < -0.4 is 10.5 Å². The summed E-state index contributed by atoms with van der Waals surface area (Å²) in [6, 6.07) is 5.97. The third kappa shape index (κ3) is 3.17. The van der Waals surface area contributed by atoms with E-state index in [1.54, 1.807) is 12.1 Å².